The van der Waals surface area contributed by atoms with Crippen LogP contribution in [0.5, 0.6) is 0 Å². The molecule has 8 nitrogen and oxygen atoms in total. The van der Waals surface area contributed by atoms with Gasteiger partial charge >= 0.3 is 0 Å². The van der Waals surface area contributed by atoms with Gasteiger partial charge < -0.3 is 5.32 Å². The molecule has 148 valence electrons. The fourth-order valence-corrected chi connectivity index (χ4v) is 3.60. The highest BCUT2D eigenvalue weighted by Gasteiger charge is 2.27. The van der Waals surface area contributed by atoms with E-state index in [0.717, 1.165) is 11.8 Å². The van der Waals surface area contributed by atoms with Crippen molar-refractivity contribution in [1.29, 1.82) is 0 Å². The Morgan fingerprint density at radius 3 is 2.64 bits per heavy atom. The van der Waals surface area contributed by atoms with E-state index in [1.165, 1.54) is 18.0 Å². The van der Waals surface area contributed by atoms with E-state index in [9.17, 15) is 18.0 Å². The quantitative estimate of drug-likeness (QED) is 0.715. The fourth-order valence-electron chi connectivity index (χ4n) is 2.86. The molecule has 0 radical (unpaired) electrons. The maximum absolute atomic E-state index is 12.8. The molecule has 0 bridgehead atoms. The van der Waals surface area contributed by atoms with Gasteiger partial charge in [0.05, 0.1) is 11.9 Å². The van der Waals surface area contributed by atoms with Crippen LogP contribution >= 0.6 is 11.6 Å². The van der Waals surface area contributed by atoms with Crippen molar-refractivity contribution in [1.82, 2.24) is 5.43 Å². The Morgan fingerprint density at radius 2 is 2.00 bits per heavy atom. The number of amides is 2. The first kappa shape index (κ1) is 20.3. The van der Waals surface area contributed by atoms with Crippen molar-refractivity contribution in [2.75, 3.05) is 16.6 Å². The van der Waals surface area contributed by atoms with Gasteiger partial charge in [0.25, 0.3) is 16.0 Å². The third-order valence-electron chi connectivity index (χ3n) is 3.99. The maximum Gasteiger partial charge on any atom is 0.265 e. The molecular weight excluding hydrogens is 406 g/mol. The zero-order valence-electron chi connectivity index (χ0n) is 15.1. The topological polar surface area (TPSA) is 105 Å². The number of hydrogen-bond acceptors (Lipinski definition) is 6. The Bertz CT molecular complexity index is 1040. The first-order valence-electron chi connectivity index (χ1n) is 8.26. The van der Waals surface area contributed by atoms with Crippen molar-refractivity contribution in [2.24, 2.45) is 0 Å². The smallest absolute Gasteiger partial charge is 0.265 e. The summed E-state index contributed by atoms with van der Waals surface area (Å²) in [6, 6.07) is 11.2. The summed E-state index contributed by atoms with van der Waals surface area (Å²) in [6.45, 7) is 1.87. The van der Waals surface area contributed by atoms with Gasteiger partial charge in [-0.25, -0.2) is 10.4 Å². The third kappa shape index (κ3) is 4.68. The molecule has 0 fully saturated rings. The number of anilines is 2. The number of nitrogens with zero attached hydrogens (tertiary/aromatic N) is 1. The van der Waals surface area contributed by atoms with E-state index < -0.39 is 22.1 Å². The Hall–Kier alpha value is -2.46. The summed E-state index contributed by atoms with van der Waals surface area (Å²) in [7, 11) is -3.91. The lowest BCUT2D eigenvalue weighted by molar-refractivity contribution is -0.122. The number of benzene rings is 2. The van der Waals surface area contributed by atoms with E-state index in [0.29, 0.717) is 28.5 Å². The standard InChI is InChI=1S/C18H18ClN3O5S/c1-11(23)22-16-7-6-15(9-13(16)10-20-22)21-18(24)17(27-28(2,25)26)12-4-3-5-14(19)8-12/h3-9,17,20H,10H2,1-2H3,(H,21,24). The van der Waals surface area contributed by atoms with Crippen LogP contribution in [0.25, 0.3) is 0 Å². The summed E-state index contributed by atoms with van der Waals surface area (Å²) in [6.07, 6.45) is -0.524. The molecule has 0 saturated heterocycles. The summed E-state index contributed by atoms with van der Waals surface area (Å²) < 4.78 is 28.2. The highest BCUT2D eigenvalue weighted by molar-refractivity contribution is 7.86. The average molecular weight is 424 g/mol. The van der Waals surface area contributed by atoms with Gasteiger partial charge in [-0.1, -0.05) is 23.7 Å². The lowest BCUT2D eigenvalue weighted by Gasteiger charge is -2.18. The molecule has 2 aromatic rings. The van der Waals surface area contributed by atoms with E-state index in [2.05, 4.69) is 10.7 Å². The van der Waals surface area contributed by atoms with Crippen molar-refractivity contribution in [2.45, 2.75) is 19.6 Å². The molecular formula is C18H18ClN3O5S. The lowest BCUT2D eigenvalue weighted by Crippen LogP contribution is -2.36. The number of hydrazine groups is 1. The van der Waals surface area contributed by atoms with E-state index in [-0.39, 0.29) is 5.91 Å². The Balaban J connectivity index is 1.85. The van der Waals surface area contributed by atoms with Crippen molar-refractivity contribution >= 4 is 44.9 Å². The fraction of sp³-hybridized carbons (Fsp3) is 0.222. The highest BCUT2D eigenvalue weighted by atomic mass is 35.5. The molecule has 2 N–H and O–H groups in total. The van der Waals surface area contributed by atoms with Gasteiger partial charge in [-0.3, -0.25) is 13.8 Å². The van der Waals surface area contributed by atoms with E-state index in [4.69, 9.17) is 15.8 Å². The predicted molar refractivity (Wildman–Crippen MR) is 105 cm³/mol. The molecule has 3 rings (SSSR count). The summed E-state index contributed by atoms with van der Waals surface area (Å²) in [4.78, 5) is 24.3. The van der Waals surface area contributed by atoms with Crippen LogP contribution in [0.15, 0.2) is 42.5 Å². The molecule has 0 aromatic heterocycles. The van der Waals surface area contributed by atoms with Gasteiger partial charge in [-0.2, -0.15) is 8.42 Å². The predicted octanol–water partition coefficient (Wildman–Crippen LogP) is 2.37. The van der Waals surface area contributed by atoms with Crippen molar-refractivity contribution in [3.8, 4) is 0 Å². The molecule has 2 amide bonds. The molecule has 10 heteroatoms. The van der Waals surface area contributed by atoms with Crippen molar-refractivity contribution in [3.05, 3.63) is 58.6 Å². The average Bonchev–Trinajstić information content (AvgIpc) is 3.02. The number of carbonyl (C=O) groups is 2. The van der Waals surface area contributed by atoms with Crippen LogP contribution in [0.3, 0.4) is 0 Å². The van der Waals surface area contributed by atoms with Crippen molar-refractivity contribution < 1.29 is 22.2 Å². The second-order valence-electron chi connectivity index (χ2n) is 6.26. The van der Waals surface area contributed by atoms with Gasteiger partial charge in [0.15, 0.2) is 6.10 Å². The zero-order chi connectivity index (χ0) is 20.5. The molecule has 1 aliphatic rings. The number of carbonyl (C=O) groups excluding carboxylic acids is 2. The van der Waals surface area contributed by atoms with Gasteiger partial charge in [0, 0.05) is 24.2 Å². The van der Waals surface area contributed by atoms with Crippen LogP contribution in [0.4, 0.5) is 11.4 Å². The SMILES string of the molecule is CC(=O)N1NCc2cc(NC(=O)C(OS(C)(=O)=O)c3cccc(Cl)c3)ccc21. The number of halogens is 1. The molecule has 0 aliphatic carbocycles. The summed E-state index contributed by atoms with van der Waals surface area (Å²) in [5.74, 6) is -0.819. The minimum Gasteiger partial charge on any atom is -0.323 e. The number of fused-ring (bicyclic) bond motifs is 1. The van der Waals surface area contributed by atoms with Gasteiger partial charge in [-0.05, 0) is 41.5 Å². The molecule has 1 unspecified atom stereocenters. The van der Waals surface area contributed by atoms with Crippen LogP contribution in [-0.4, -0.2) is 26.5 Å². The zero-order valence-corrected chi connectivity index (χ0v) is 16.7. The minimum atomic E-state index is -3.91. The van der Waals surface area contributed by atoms with Gasteiger partial charge in [-0.15, -0.1) is 0 Å². The molecule has 2 aromatic carbocycles. The molecule has 1 aliphatic heterocycles. The monoisotopic (exact) mass is 423 g/mol. The Morgan fingerprint density at radius 1 is 1.25 bits per heavy atom. The lowest BCUT2D eigenvalue weighted by atomic mass is 10.1. The van der Waals surface area contributed by atoms with Crippen LogP contribution in [0, 0.1) is 0 Å². The number of nitrogens with one attached hydrogen (secondary N) is 2. The molecule has 1 atom stereocenters. The van der Waals surface area contributed by atoms with Gasteiger partial charge in [0.2, 0.25) is 5.91 Å². The third-order valence-corrected chi connectivity index (χ3v) is 4.77. The van der Waals surface area contributed by atoms with E-state index >= 15 is 0 Å². The maximum atomic E-state index is 12.8. The second kappa shape index (κ2) is 7.88. The van der Waals surface area contributed by atoms with Crippen LogP contribution in [0.1, 0.15) is 24.2 Å². The number of rotatable bonds is 5. The highest BCUT2D eigenvalue weighted by Crippen LogP contribution is 2.29. The summed E-state index contributed by atoms with van der Waals surface area (Å²) in [5, 5.41) is 4.42. The van der Waals surface area contributed by atoms with Crippen molar-refractivity contribution in [3.63, 3.8) is 0 Å². The van der Waals surface area contributed by atoms with E-state index in [1.54, 1.807) is 36.4 Å². The van der Waals surface area contributed by atoms with Crippen LogP contribution in [0.2, 0.25) is 5.02 Å². The van der Waals surface area contributed by atoms with Gasteiger partial charge in [0.1, 0.15) is 0 Å². The largest absolute Gasteiger partial charge is 0.323 e. The molecule has 0 saturated carbocycles. The van der Waals surface area contributed by atoms with E-state index in [1.807, 2.05) is 0 Å². The number of hydrogen-bond donors (Lipinski definition) is 2. The first-order valence-corrected chi connectivity index (χ1v) is 10.5. The molecule has 28 heavy (non-hydrogen) atoms. The van der Waals surface area contributed by atoms with Crippen LogP contribution < -0.4 is 15.8 Å². The summed E-state index contributed by atoms with van der Waals surface area (Å²) >= 11 is 5.95. The minimum absolute atomic E-state index is 0.155. The summed E-state index contributed by atoms with van der Waals surface area (Å²) in [5.41, 5.74) is 5.21. The molecule has 0 spiro atoms. The Labute approximate surface area is 167 Å². The van der Waals surface area contributed by atoms with Crippen LogP contribution in [-0.2, 0) is 30.4 Å². The normalized spacial score (nSPS) is 14.5. The molecule has 1 heterocycles. The Kier molecular flexibility index (Phi) is 5.71. The second-order valence-corrected chi connectivity index (χ2v) is 8.29. The first-order chi connectivity index (χ1) is 13.1.